The van der Waals surface area contributed by atoms with Crippen LogP contribution in [0.1, 0.15) is 86.0 Å². The summed E-state index contributed by atoms with van der Waals surface area (Å²) in [5.74, 6) is 1.26. The number of allylic oxidation sites excluding steroid dienone is 1. The Morgan fingerprint density at radius 1 is 1.15 bits per heavy atom. The second-order valence-electron chi connectivity index (χ2n) is 11.6. The number of hydrogen-bond acceptors (Lipinski definition) is 6. The number of rotatable bonds is 5. The maximum Gasteiger partial charge on any atom is 0.302 e. The van der Waals surface area contributed by atoms with Gasteiger partial charge in [0.05, 0.1) is 12.2 Å². The minimum atomic E-state index is -0.767. The lowest BCUT2D eigenvalue weighted by molar-refractivity contribution is -0.145. The SMILES string of the molecule is CC(=O)OCCCC1(O)CC[C@H]2[C@@H]3C(SC(C)=O)C(C)C4=CC(=O)CC[C@]4(C)[C@@H]3CC[C@@]21C. The molecule has 4 aliphatic carbocycles. The van der Waals surface area contributed by atoms with Crippen LogP contribution in [0.4, 0.5) is 0 Å². The Morgan fingerprint density at radius 3 is 2.52 bits per heavy atom. The zero-order valence-corrected chi connectivity index (χ0v) is 21.6. The highest BCUT2D eigenvalue weighted by Gasteiger charge is 2.66. The van der Waals surface area contributed by atoms with Gasteiger partial charge < -0.3 is 9.84 Å². The highest BCUT2D eigenvalue weighted by atomic mass is 32.2. The average Bonchev–Trinajstić information content (AvgIpc) is 3.00. The van der Waals surface area contributed by atoms with Crippen molar-refractivity contribution >= 4 is 28.6 Å². The Labute approximate surface area is 202 Å². The molecular formula is C27H40O5S. The molecule has 3 fully saturated rings. The van der Waals surface area contributed by atoms with Crippen molar-refractivity contribution < 1.29 is 24.2 Å². The molecule has 0 saturated heterocycles. The second-order valence-corrected chi connectivity index (χ2v) is 13.0. The van der Waals surface area contributed by atoms with Crippen LogP contribution in [0.5, 0.6) is 0 Å². The number of ether oxygens (including phenoxy) is 1. The van der Waals surface area contributed by atoms with Gasteiger partial charge in [-0.1, -0.05) is 38.1 Å². The average molecular weight is 477 g/mol. The molecular weight excluding hydrogens is 436 g/mol. The van der Waals surface area contributed by atoms with E-state index in [9.17, 15) is 19.5 Å². The molecule has 0 heterocycles. The molecule has 3 unspecified atom stereocenters. The van der Waals surface area contributed by atoms with E-state index in [4.69, 9.17) is 4.74 Å². The number of esters is 1. The van der Waals surface area contributed by atoms with Crippen molar-refractivity contribution in [3.8, 4) is 0 Å². The third-order valence-electron chi connectivity index (χ3n) is 10.0. The summed E-state index contributed by atoms with van der Waals surface area (Å²) in [4.78, 5) is 35.9. The van der Waals surface area contributed by atoms with Gasteiger partial charge in [-0.05, 0) is 85.5 Å². The van der Waals surface area contributed by atoms with Gasteiger partial charge in [0.2, 0.25) is 0 Å². The van der Waals surface area contributed by atoms with E-state index < -0.39 is 5.60 Å². The third kappa shape index (κ3) is 4.03. The third-order valence-corrected chi connectivity index (χ3v) is 11.4. The smallest absolute Gasteiger partial charge is 0.302 e. The molecule has 184 valence electrons. The van der Waals surface area contributed by atoms with Crippen molar-refractivity contribution in [1.29, 1.82) is 0 Å². The van der Waals surface area contributed by atoms with Gasteiger partial charge in [-0.2, -0.15) is 0 Å². The first kappa shape index (κ1) is 25.0. The Morgan fingerprint density at radius 2 is 1.85 bits per heavy atom. The maximum atomic E-state index is 12.4. The molecule has 6 heteroatoms. The number of thioether (sulfide) groups is 1. The van der Waals surface area contributed by atoms with Crippen molar-refractivity contribution in [3.05, 3.63) is 11.6 Å². The molecule has 4 rings (SSSR count). The van der Waals surface area contributed by atoms with Gasteiger partial charge in [0, 0.05) is 25.5 Å². The van der Waals surface area contributed by atoms with Crippen molar-refractivity contribution in [2.45, 2.75) is 96.8 Å². The molecule has 1 N–H and O–H groups in total. The molecule has 0 aromatic rings. The number of ketones is 1. The van der Waals surface area contributed by atoms with Crippen LogP contribution in [0.25, 0.3) is 0 Å². The number of fused-ring (bicyclic) bond motifs is 5. The normalized spacial score (nSPS) is 44.4. The van der Waals surface area contributed by atoms with Crippen LogP contribution < -0.4 is 0 Å². The molecule has 0 aromatic heterocycles. The molecule has 0 amide bonds. The van der Waals surface area contributed by atoms with Crippen molar-refractivity contribution in [3.63, 3.8) is 0 Å². The summed E-state index contributed by atoms with van der Waals surface area (Å²) in [7, 11) is 0. The zero-order valence-electron chi connectivity index (χ0n) is 20.8. The lowest BCUT2D eigenvalue weighted by atomic mass is 9.44. The first-order valence-corrected chi connectivity index (χ1v) is 13.6. The van der Waals surface area contributed by atoms with Crippen molar-refractivity contribution in [1.82, 2.24) is 0 Å². The first-order chi connectivity index (χ1) is 15.4. The Kier molecular flexibility index (Phi) is 6.67. The highest BCUT2D eigenvalue weighted by molar-refractivity contribution is 8.14. The van der Waals surface area contributed by atoms with E-state index in [1.54, 1.807) is 6.92 Å². The standard InChI is InChI=1S/C27H40O5S/c1-16-22-15-19(30)7-11-25(22,4)20-8-12-26(5)21(23(20)24(16)33-18(3)29)9-13-27(26,31)10-6-14-32-17(2)28/h15-16,20-21,23-24,31H,6-14H2,1-5H3/t16?,20-,21+,23-,24?,25-,26+,27?/m1/s1. The highest BCUT2D eigenvalue weighted by Crippen LogP contribution is 2.70. The summed E-state index contributed by atoms with van der Waals surface area (Å²) < 4.78 is 5.13. The number of carbonyl (C=O) groups is 3. The van der Waals surface area contributed by atoms with E-state index in [0.717, 1.165) is 32.1 Å². The van der Waals surface area contributed by atoms with Gasteiger partial charge in [-0.15, -0.1) is 0 Å². The molecule has 5 nitrogen and oxygen atoms in total. The number of hydrogen-bond donors (Lipinski definition) is 1. The van der Waals surface area contributed by atoms with Gasteiger partial charge in [-0.25, -0.2) is 0 Å². The minimum Gasteiger partial charge on any atom is -0.466 e. The van der Waals surface area contributed by atoms with Gasteiger partial charge in [0.25, 0.3) is 0 Å². The van der Waals surface area contributed by atoms with Crippen LogP contribution in [0.3, 0.4) is 0 Å². The number of carbonyl (C=O) groups excluding carboxylic acids is 3. The fourth-order valence-corrected chi connectivity index (χ4v) is 9.64. The molecule has 3 saturated carbocycles. The summed E-state index contributed by atoms with van der Waals surface area (Å²) in [6.45, 7) is 10.3. The molecule has 33 heavy (non-hydrogen) atoms. The van der Waals surface area contributed by atoms with E-state index in [1.165, 1.54) is 24.3 Å². The van der Waals surface area contributed by atoms with E-state index in [1.807, 2.05) is 6.08 Å². The Bertz CT molecular complexity index is 867. The van der Waals surface area contributed by atoms with Crippen LogP contribution in [0.2, 0.25) is 0 Å². The molecule has 0 aromatic carbocycles. The maximum absolute atomic E-state index is 12.4. The predicted molar refractivity (Wildman–Crippen MR) is 130 cm³/mol. The monoisotopic (exact) mass is 476 g/mol. The quantitative estimate of drug-likeness (QED) is 0.439. The second kappa shape index (κ2) is 8.82. The van der Waals surface area contributed by atoms with E-state index >= 15 is 0 Å². The van der Waals surface area contributed by atoms with Gasteiger partial charge in [0.15, 0.2) is 10.9 Å². The van der Waals surface area contributed by atoms with Gasteiger partial charge in [0.1, 0.15) is 0 Å². The first-order valence-electron chi connectivity index (χ1n) is 12.7. The Balaban J connectivity index is 1.66. The molecule has 0 spiro atoms. The van der Waals surface area contributed by atoms with Crippen LogP contribution in [-0.2, 0) is 19.1 Å². The summed E-state index contributed by atoms with van der Waals surface area (Å²) in [5, 5.41) is 12.2. The molecule has 0 aliphatic heterocycles. The largest absolute Gasteiger partial charge is 0.466 e. The van der Waals surface area contributed by atoms with Crippen LogP contribution in [0, 0.1) is 34.5 Å². The Hall–Kier alpha value is -1.14. The summed E-state index contributed by atoms with van der Waals surface area (Å²) >= 11 is 1.47. The minimum absolute atomic E-state index is 0.00318. The van der Waals surface area contributed by atoms with Crippen LogP contribution >= 0.6 is 11.8 Å². The van der Waals surface area contributed by atoms with Crippen molar-refractivity contribution in [2.24, 2.45) is 34.5 Å². The summed E-state index contributed by atoms with van der Waals surface area (Å²) in [6, 6.07) is 0. The van der Waals surface area contributed by atoms with Crippen LogP contribution in [-0.4, -0.2) is 39.4 Å². The summed E-state index contributed by atoms with van der Waals surface area (Å²) in [6.07, 6.45) is 8.45. The predicted octanol–water partition coefficient (Wildman–Crippen LogP) is 5.10. The fourth-order valence-electron chi connectivity index (χ4n) is 8.37. The van der Waals surface area contributed by atoms with Crippen molar-refractivity contribution in [2.75, 3.05) is 6.61 Å². The van der Waals surface area contributed by atoms with E-state index in [0.29, 0.717) is 43.6 Å². The van der Waals surface area contributed by atoms with Gasteiger partial charge >= 0.3 is 5.97 Å². The molecule has 8 atom stereocenters. The zero-order chi connectivity index (χ0) is 24.2. The van der Waals surface area contributed by atoms with Crippen LogP contribution in [0.15, 0.2) is 11.6 Å². The van der Waals surface area contributed by atoms with Gasteiger partial charge in [-0.3, -0.25) is 14.4 Å². The lowest BCUT2D eigenvalue weighted by Crippen LogP contribution is -2.59. The lowest BCUT2D eigenvalue weighted by Gasteiger charge is -2.62. The topological polar surface area (TPSA) is 80.7 Å². The summed E-state index contributed by atoms with van der Waals surface area (Å²) in [5.41, 5.74) is 0.291. The number of aliphatic hydroxyl groups is 1. The van der Waals surface area contributed by atoms with E-state index in [-0.39, 0.29) is 38.9 Å². The molecule has 0 radical (unpaired) electrons. The molecule has 4 aliphatic rings. The fraction of sp³-hybridized carbons (Fsp3) is 0.815. The molecule has 0 bridgehead atoms. The van der Waals surface area contributed by atoms with E-state index in [2.05, 4.69) is 20.8 Å².